The van der Waals surface area contributed by atoms with Gasteiger partial charge in [-0.25, -0.2) is 0 Å². The molecule has 19 heavy (non-hydrogen) atoms. The van der Waals surface area contributed by atoms with Crippen molar-refractivity contribution in [2.24, 2.45) is 0 Å². The zero-order valence-electron chi connectivity index (χ0n) is 13.2. The predicted octanol–water partition coefficient (Wildman–Crippen LogP) is 1.22. The van der Waals surface area contributed by atoms with E-state index in [9.17, 15) is 9.90 Å². The van der Waals surface area contributed by atoms with E-state index in [2.05, 4.69) is 6.92 Å². The Kier molecular flexibility index (Phi) is 22.5. The summed E-state index contributed by atoms with van der Waals surface area (Å²) >= 11 is 0. The summed E-state index contributed by atoms with van der Waals surface area (Å²) in [6, 6.07) is 0. The zero-order chi connectivity index (χ0) is 13.5. The number of rotatable bonds is 14. The van der Waals surface area contributed by atoms with Crippen molar-refractivity contribution in [3.8, 4) is 0 Å². The van der Waals surface area contributed by atoms with Gasteiger partial charge in [-0.3, -0.25) is 0 Å². The minimum absolute atomic E-state index is 0. The molecule has 0 aliphatic carbocycles. The number of carbonyl (C=O) groups is 1. The summed E-state index contributed by atoms with van der Waals surface area (Å²) in [7, 11) is 0. The van der Waals surface area contributed by atoms with Gasteiger partial charge in [-0.2, -0.15) is 0 Å². The Bertz CT molecular complexity index is 184. The first kappa shape index (κ1) is 22.4. The quantitative estimate of drug-likeness (QED) is 0.275. The summed E-state index contributed by atoms with van der Waals surface area (Å²) < 4.78 is 0. The number of carboxylic acids is 1. The van der Waals surface area contributed by atoms with Crippen LogP contribution in [0.4, 0.5) is 0 Å². The van der Waals surface area contributed by atoms with Crippen molar-refractivity contribution in [3.05, 3.63) is 0 Å². The number of unbranched alkanes of at least 4 members (excludes halogenated alkanes) is 12. The molecule has 0 aliphatic rings. The second kappa shape index (κ2) is 19.1. The largest absolute Gasteiger partial charge is 1.00 e. The third kappa shape index (κ3) is 21.6. The minimum atomic E-state index is -0.905. The van der Waals surface area contributed by atoms with E-state index in [-0.39, 0.29) is 57.8 Å². The molecule has 3 heteroatoms. The Hall–Kier alpha value is 1.11. The molecule has 0 unspecified atom stereocenters. The van der Waals surface area contributed by atoms with Crippen LogP contribution in [0.3, 0.4) is 0 Å². The topological polar surface area (TPSA) is 40.1 Å². The van der Waals surface area contributed by atoms with Crippen LogP contribution in [-0.2, 0) is 4.79 Å². The van der Waals surface area contributed by atoms with Crippen LogP contribution in [0.5, 0.6) is 0 Å². The van der Waals surface area contributed by atoms with Crippen molar-refractivity contribution in [2.75, 3.05) is 0 Å². The molecular weight excluding hydrogens is 267 g/mol. The van der Waals surface area contributed by atoms with E-state index in [4.69, 9.17) is 0 Å². The van der Waals surface area contributed by atoms with Crippen molar-refractivity contribution < 1.29 is 61.3 Å². The van der Waals surface area contributed by atoms with Gasteiger partial charge in [0, 0.05) is 5.97 Å². The minimum Gasteiger partial charge on any atom is -0.550 e. The van der Waals surface area contributed by atoms with Gasteiger partial charge in [-0.1, -0.05) is 84.0 Å². The van der Waals surface area contributed by atoms with Gasteiger partial charge in [0.25, 0.3) is 0 Å². The number of carboxylic acid groups (broad SMARTS) is 1. The molecule has 0 saturated carbocycles. The van der Waals surface area contributed by atoms with Gasteiger partial charge in [0.05, 0.1) is 0 Å². The van der Waals surface area contributed by atoms with Crippen molar-refractivity contribution in [1.82, 2.24) is 0 Å². The van der Waals surface area contributed by atoms with Crippen molar-refractivity contribution in [2.45, 2.75) is 96.8 Å². The van der Waals surface area contributed by atoms with E-state index in [0.717, 1.165) is 12.8 Å². The molecule has 0 radical (unpaired) electrons. The first-order valence-corrected chi connectivity index (χ1v) is 7.97. The van der Waals surface area contributed by atoms with Crippen LogP contribution in [0.25, 0.3) is 0 Å². The molecule has 0 fully saturated rings. The standard InChI is InChI=1S/C16H32O2.K/c1-2-3-4-5-6-7-8-9-10-11-12-13-14-15-16(17)18;/h2-15H2,1H3,(H,17,18);/q;+1/p-1/i13+1,14+1,15+1,16+1;. The Morgan fingerprint density at radius 2 is 1.00 bits per heavy atom. The molecule has 0 spiro atoms. The van der Waals surface area contributed by atoms with Crippen molar-refractivity contribution >= 4 is 5.97 Å². The first-order valence-electron chi connectivity index (χ1n) is 7.97. The Labute approximate surface area is 162 Å². The third-order valence-corrected chi connectivity index (χ3v) is 3.48. The van der Waals surface area contributed by atoms with Gasteiger partial charge < -0.3 is 9.90 Å². The number of hydrogen-bond donors (Lipinski definition) is 0. The molecule has 0 bridgehead atoms. The summed E-state index contributed by atoms with van der Waals surface area (Å²) in [6.45, 7) is 2.26. The fraction of sp³-hybridized carbons (Fsp3) is 0.938. The molecule has 0 saturated heterocycles. The van der Waals surface area contributed by atoms with E-state index in [1.165, 1.54) is 70.6 Å². The van der Waals surface area contributed by atoms with E-state index >= 15 is 0 Å². The fourth-order valence-corrected chi connectivity index (χ4v) is 2.29. The Balaban J connectivity index is 0. The van der Waals surface area contributed by atoms with Gasteiger partial charge in [-0.05, 0) is 12.8 Å². The molecule has 0 aromatic carbocycles. The molecule has 108 valence electrons. The summed E-state index contributed by atoms with van der Waals surface area (Å²) in [5.74, 6) is -0.905. The molecule has 0 aromatic rings. The van der Waals surface area contributed by atoms with Crippen LogP contribution >= 0.6 is 0 Å². The Morgan fingerprint density at radius 1 is 0.684 bits per heavy atom. The van der Waals surface area contributed by atoms with Gasteiger partial charge in [0.2, 0.25) is 0 Å². The van der Waals surface area contributed by atoms with Gasteiger partial charge in [0.1, 0.15) is 0 Å². The molecule has 0 amide bonds. The predicted molar refractivity (Wildman–Crippen MR) is 75.3 cm³/mol. The van der Waals surface area contributed by atoms with Crippen LogP contribution in [0.2, 0.25) is 0 Å². The molecule has 0 aliphatic heterocycles. The normalized spacial score (nSPS) is 10.2. The zero-order valence-corrected chi connectivity index (χ0v) is 16.3. The Morgan fingerprint density at radius 3 is 1.32 bits per heavy atom. The average molecular weight is 298 g/mol. The van der Waals surface area contributed by atoms with Crippen molar-refractivity contribution in [1.29, 1.82) is 0 Å². The average Bonchev–Trinajstić information content (AvgIpc) is 2.34. The molecule has 0 heterocycles. The van der Waals surface area contributed by atoms with Crippen LogP contribution < -0.4 is 56.5 Å². The third-order valence-electron chi connectivity index (χ3n) is 3.48. The summed E-state index contributed by atoms with van der Waals surface area (Å²) in [5, 5.41) is 10.2. The fourth-order valence-electron chi connectivity index (χ4n) is 2.29. The maximum Gasteiger partial charge on any atom is 1.00 e. The van der Waals surface area contributed by atoms with Crippen molar-refractivity contribution in [3.63, 3.8) is 0 Å². The molecular formula is C16H31KO2. The second-order valence-electron chi connectivity index (χ2n) is 5.36. The summed E-state index contributed by atoms with van der Waals surface area (Å²) in [5.41, 5.74) is 0. The van der Waals surface area contributed by atoms with Gasteiger partial charge in [-0.15, -0.1) is 0 Å². The maximum atomic E-state index is 10.2. The number of hydrogen-bond acceptors (Lipinski definition) is 2. The molecule has 2 nitrogen and oxygen atoms in total. The summed E-state index contributed by atoms with van der Waals surface area (Å²) in [4.78, 5) is 10.2. The molecule has 0 atom stereocenters. The molecule has 0 aromatic heterocycles. The van der Waals surface area contributed by atoms with E-state index in [1.54, 1.807) is 0 Å². The smallest absolute Gasteiger partial charge is 0.550 e. The summed E-state index contributed by atoms with van der Waals surface area (Å²) in [6.07, 6.45) is 16.9. The number of aliphatic carboxylic acids is 1. The molecule has 0 N–H and O–H groups in total. The monoisotopic (exact) mass is 298 g/mol. The SMILES string of the molecule is CCCCCCCCCCCC[13CH2][13CH2][13CH2][13C](=O)[O-].[K+]. The van der Waals surface area contributed by atoms with E-state index < -0.39 is 5.97 Å². The van der Waals surface area contributed by atoms with Crippen LogP contribution in [0, 0.1) is 0 Å². The second-order valence-corrected chi connectivity index (χ2v) is 5.36. The van der Waals surface area contributed by atoms with Crippen LogP contribution in [-0.4, -0.2) is 5.97 Å². The van der Waals surface area contributed by atoms with Crippen LogP contribution in [0.15, 0.2) is 0 Å². The maximum absolute atomic E-state index is 10.2. The van der Waals surface area contributed by atoms with Gasteiger partial charge in [0.15, 0.2) is 0 Å². The van der Waals surface area contributed by atoms with E-state index in [0.29, 0.717) is 0 Å². The number of carbonyl (C=O) groups excluding carboxylic acids is 1. The first-order chi connectivity index (χ1) is 8.77. The molecule has 0 rings (SSSR count). The van der Waals surface area contributed by atoms with Gasteiger partial charge >= 0.3 is 51.4 Å². The van der Waals surface area contributed by atoms with Crippen LogP contribution in [0.1, 0.15) is 96.8 Å². The van der Waals surface area contributed by atoms with E-state index in [1.807, 2.05) is 0 Å².